The van der Waals surface area contributed by atoms with Crippen LogP contribution in [0.5, 0.6) is 0 Å². The van der Waals surface area contributed by atoms with Gasteiger partial charge in [-0.05, 0) is 31.2 Å². The van der Waals surface area contributed by atoms with Crippen molar-refractivity contribution in [1.29, 1.82) is 0 Å². The zero-order valence-corrected chi connectivity index (χ0v) is 18.2. The van der Waals surface area contributed by atoms with Crippen LogP contribution >= 0.6 is 0 Å². The first-order chi connectivity index (χ1) is 15.9. The molecule has 166 valence electrons. The van der Waals surface area contributed by atoms with E-state index in [0.29, 0.717) is 11.4 Å². The lowest BCUT2D eigenvalue weighted by Gasteiger charge is -2.07. The second kappa shape index (κ2) is 9.35. The minimum atomic E-state index is -0.720. The summed E-state index contributed by atoms with van der Waals surface area (Å²) in [6.45, 7) is 1.37. The standard InChI is InChI=1S/C25H22N4O4/c1-17-10-12-18(13-11-17)23-20(15-29(27-23)19-7-4-3-5-8-19)25(32)33-16-22(30)26-24(31)21-9-6-14-28(21)2/h3-15H,16H2,1-2H3,(H,26,30,31). The Morgan fingerprint density at radius 1 is 0.970 bits per heavy atom. The van der Waals surface area contributed by atoms with Crippen molar-refractivity contribution >= 4 is 17.8 Å². The molecule has 2 amide bonds. The molecule has 0 aliphatic heterocycles. The van der Waals surface area contributed by atoms with Crippen LogP contribution in [0.3, 0.4) is 0 Å². The number of carbonyl (C=O) groups is 3. The molecule has 8 heteroatoms. The Morgan fingerprint density at radius 2 is 1.70 bits per heavy atom. The fourth-order valence-corrected chi connectivity index (χ4v) is 3.29. The van der Waals surface area contributed by atoms with Crippen LogP contribution in [0.1, 0.15) is 26.4 Å². The molecule has 0 radical (unpaired) electrons. The number of hydrogen-bond donors (Lipinski definition) is 1. The smallest absolute Gasteiger partial charge is 0.342 e. The van der Waals surface area contributed by atoms with Gasteiger partial charge in [0.2, 0.25) is 0 Å². The lowest BCUT2D eigenvalue weighted by molar-refractivity contribution is -0.123. The van der Waals surface area contributed by atoms with E-state index in [-0.39, 0.29) is 5.56 Å². The topological polar surface area (TPSA) is 95.2 Å². The second-order valence-corrected chi connectivity index (χ2v) is 7.50. The number of carbonyl (C=O) groups excluding carboxylic acids is 3. The van der Waals surface area contributed by atoms with Gasteiger partial charge in [-0.3, -0.25) is 14.9 Å². The van der Waals surface area contributed by atoms with Crippen molar-refractivity contribution < 1.29 is 19.1 Å². The van der Waals surface area contributed by atoms with Gasteiger partial charge in [0.25, 0.3) is 11.8 Å². The highest BCUT2D eigenvalue weighted by atomic mass is 16.5. The van der Waals surface area contributed by atoms with E-state index >= 15 is 0 Å². The summed E-state index contributed by atoms with van der Waals surface area (Å²) in [6.07, 6.45) is 3.26. The van der Waals surface area contributed by atoms with Crippen LogP contribution in [0, 0.1) is 6.92 Å². The van der Waals surface area contributed by atoms with E-state index in [1.165, 1.54) is 0 Å². The Balaban J connectivity index is 1.53. The van der Waals surface area contributed by atoms with E-state index in [4.69, 9.17) is 4.74 Å². The van der Waals surface area contributed by atoms with Crippen molar-refractivity contribution in [2.24, 2.45) is 7.05 Å². The molecule has 1 N–H and O–H groups in total. The average molecular weight is 442 g/mol. The highest BCUT2D eigenvalue weighted by Gasteiger charge is 2.21. The molecule has 0 saturated heterocycles. The molecule has 2 aromatic heterocycles. The van der Waals surface area contributed by atoms with Crippen molar-refractivity contribution in [3.63, 3.8) is 0 Å². The highest BCUT2D eigenvalue weighted by Crippen LogP contribution is 2.25. The molecule has 0 aliphatic carbocycles. The molecule has 0 bridgehead atoms. The average Bonchev–Trinajstić information content (AvgIpc) is 3.45. The van der Waals surface area contributed by atoms with Gasteiger partial charge in [-0.25, -0.2) is 9.48 Å². The fraction of sp³-hybridized carbons (Fsp3) is 0.120. The molecule has 2 heterocycles. The number of nitrogens with zero attached hydrogens (tertiary/aromatic N) is 3. The van der Waals surface area contributed by atoms with Crippen molar-refractivity contribution in [2.75, 3.05) is 6.61 Å². The van der Waals surface area contributed by atoms with E-state index in [9.17, 15) is 14.4 Å². The zero-order valence-electron chi connectivity index (χ0n) is 18.2. The summed E-state index contributed by atoms with van der Waals surface area (Å²) in [5.41, 5.74) is 3.56. The van der Waals surface area contributed by atoms with E-state index in [1.54, 1.807) is 40.8 Å². The molecule has 4 rings (SSSR count). The summed E-state index contributed by atoms with van der Waals surface area (Å²) < 4.78 is 8.38. The lowest BCUT2D eigenvalue weighted by Crippen LogP contribution is -2.35. The number of aryl methyl sites for hydroxylation is 2. The summed E-state index contributed by atoms with van der Waals surface area (Å²) in [6, 6.07) is 20.2. The minimum Gasteiger partial charge on any atom is -0.452 e. The molecular weight excluding hydrogens is 420 g/mol. The largest absolute Gasteiger partial charge is 0.452 e. The maximum atomic E-state index is 12.9. The van der Waals surface area contributed by atoms with Crippen molar-refractivity contribution in [1.82, 2.24) is 19.7 Å². The summed E-state index contributed by atoms with van der Waals surface area (Å²) in [4.78, 5) is 37.2. The normalized spacial score (nSPS) is 10.6. The Hall–Kier alpha value is -4.46. The molecule has 33 heavy (non-hydrogen) atoms. The van der Waals surface area contributed by atoms with Crippen LogP contribution in [-0.2, 0) is 16.6 Å². The molecule has 0 atom stereocenters. The highest BCUT2D eigenvalue weighted by molar-refractivity contribution is 6.05. The predicted molar refractivity (Wildman–Crippen MR) is 122 cm³/mol. The Kier molecular flexibility index (Phi) is 6.17. The van der Waals surface area contributed by atoms with E-state index in [1.807, 2.05) is 61.5 Å². The number of imide groups is 1. The minimum absolute atomic E-state index is 0.212. The van der Waals surface area contributed by atoms with Gasteiger partial charge in [0.1, 0.15) is 17.0 Å². The molecule has 4 aromatic rings. The first-order valence-corrected chi connectivity index (χ1v) is 10.3. The first kappa shape index (κ1) is 21.8. The van der Waals surface area contributed by atoms with E-state index in [2.05, 4.69) is 10.4 Å². The van der Waals surface area contributed by atoms with Crippen LogP contribution < -0.4 is 5.32 Å². The van der Waals surface area contributed by atoms with Crippen LogP contribution in [0.4, 0.5) is 0 Å². The van der Waals surface area contributed by atoms with Crippen LogP contribution in [0.15, 0.2) is 79.1 Å². The van der Waals surface area contributed by atoms with Crippen LogP contribution in [-0.4, -0.2) is 38.7 Å². The Labute approximate surface area is 190 Å². The fourth-order valence-electron chi connectivity index (χ4n) is 3.29. The van der Waals surface area contributed by atoms with Gasteiger partial charge in [0.15, 0.2) is 6.61 Å². The molecule has 0 unspecified atom stereocenters. The third-order valence-electron chi connectivity index (χ3n) is 5.04. The van der Waals surface area contributed by atoms with Crippen molar-refractivity contribution in [3.05, 3.63) is 95.9 Å². The SMILES string of the molecule is Cc1ccc(-c2nn(-c3ccccc3)cc2C(=O)OCC(=O)NC(=O)c2cccn2C)cc1. The molecule has 0 spiro atoms. The molecule has 0 fully saturated rings. The van der Waals surface area contributed by atoms with Crippen molar-refractivity contribution in [3.8, 4) is 16.9 Å². The molecule has 0 aliphatic rings. The maximum absolute atomic E-state index is 12.9. The van der Waals surface area contributed by atoms with Gasteiger partial charge in [0, 0.05) is 25.0 Å². The molecule has 8 nitrogen and oxygen atoms in total. The number of esters is 1. The number of rotatable bonds is 6. The van der Waals surface area contributed by atoms with Gasteiger partial charge >= 0.3 is 5.97 Å². The van der Waals surface area contributed by atoms with Gasteiger partial charge in [0.05, 0.1) is 5.69 Å². The predicted octanol–water partition coefficient (Wildman–Crippen LogP) is 3.30. The molecular formula is C25H22N4O4. The number of ether oxygens (including phenoxy) is 1. The molecule has 2 aromatic carbocycles. The number of nitrogens with one attached hydrogen (secondary N) is 1. The number of amides is 2. The summed E-state index contributed by atoms with van der Waals surface area (Å²) >= 11 is 0. The number of para-hydroxylation sites is 1. The van der Waals surface area contributed by atoms with Crippen LogP contribution in [0.2, 0.25) is 0 Å². The third kappa shape index (κ3) is 4.90. The number of benzene rings is 2. The summed E-state index contributed by atoms with van der Waals surface area (Å²) in [5.74, 6) is -2.00. The number of aromatic nitrogens is 3. The second-order valence-electron chi connectivity index (χ2n) is 7.50. The van der Waals surface area contributed by atoms with Gasteiger partial charge < -0.3 is 9.30 Å². The van der Waals surface area contributed by atoms with Gasteiger partial charge in [-0.2, -0.15) is 5.10 Å². The van der Waals surface area contributed by atoms with Crippen molar-refractivity contribution in [2.45, 2.75) is 6.92 Å². The number of hydrogen-bond acceptors (Lipinski definition) is 5. The first-order valence-electron chi connectivity index (χ1n) is 10.3. The van der Waals surface area contributed by atoms with Gasteiger partial charge in [-0.15, -0.1) is 0 Å². The third-order valence-corrected chi connectivity index (χ3v) is 5.04. The van der Waals surface area contributed by atoms with E-state index < -0.39 is 24.4 Å². The molecule has 0 saturated carbocycles. The Bertz CT molecular complexity index is 1300. The maximum Gasteiger partial charge on any atom is 0.342 e. The summed E-state index contributed by atoms with van der Waals surface area (Å²) in [7, 11) is 1.69. The zero-order chi connectivity index (χ0) is 23.4. The summed E-state index contributed by atoms with van der Waals surface area (Å²) in [5, 5.41) is 6.80. The lowest BCUT2D eigenvalue weighted by atomic mass is 10.1. The van der Waals surface area contributed by atoms with Gasteiger partial charge in [-0.1, -0.05) is 48.0 Å². The monoisotopic (exact) mass is 442 g/mol. The van der Waals surface area contributed by atoms with Crippen LogP contribution in [0.25, 0.3) is 16.9 Å². The van der Waals surface area contributed by atoms with E-state index in [0.717, 1.165) is 16.8 Å². The Morgan fingerprint density at radius 3 is 2.36 bits per heavy atom. The quantitative estimate of drug-likeness (QED) is 0.463.